The molecule has 0 unspecified atom stereocenters. The van der Waals surface area contributed by atoms with Crippen LogP contribution >= 0.6 is 0 Å². The first-order valence-electron chi connectivity index (χ1n) is 6.71. The second-order valence-electron chi connectivity index (χ2n) is 4.89. The third kappa shape index (κ3) is 5.36. The van der Waals surface area contributed by atoms with Crippen molar-refractivity contribution >= 4 is 11.5 Å². The Morgan fingerprint density at radius 3 is 2.78 bits per heavy atom. The summed E-state index contributed by atoms with van der Waals surface area (Å²) < 4.78 is 0. The highest BCUT2D eigenvalue weighted by molar-refractivity contribution is 5.51. The maximum atomic E-state index is 4.19. The van der Waals surface area contributed by atoms with Crippen LogP contribution < -0.4 is 10.6 Å². The van der Waals surface area contributed by atoms with E-state index in [1.807, 2.05) is 25.4 Å². The summed E-state index contributed by atoms with van der Waals surface area (Å²) in [4.78, 5) is 6.57. The van der Waals surface area contributed by atoms with Crippen molar-refractivity contribution in [1.29, 1.82) is 0 Å². The molecule has 0 saturated heterocycles. The number of unbranched alkanes of at least 4 members (excludes halogenated alkanes) is 1. The number of anilines is 2. The SMILES string of the molecule is CNc1cc(NCCCCN(C)C(C)C)ccn1. The summed E-state index contributed by atoms with van der Waals surface area (Å²) in [5, 5.41) is 6.46. The second kappa shape index (κ2) is 7.93. The van der Waals surface area contributed by atoms with Crippen molar-refractivity contribution in [1.82, 2.24) is 9.88 Å². The van der Waals surface area contributed by atoms with Gasteiger partial charge in [-0.1, -0.05) is 0 Å². The van der Waals surface area contributed by atoms with Crippen LogP contribution in [0.15, 0.2) is 18.3 Å². The van der Waals surface area contributed by atoms with Gasteiger partial charge in [-0.3, -0.25) is 0 Å². The molecule has 1 aromatic heterocycles. The molecule has 4 nitrogen and oxygen atoms in total. The lowest BCUT2D eigenvalue weighted by Gasteiger charge is -2.20. The van der Waals surface area contributed by atoms with Crippen LogP contribution in [0.2, 0.25) is 0 Å². The van der Waals surface area contributed by atoms with Gasteiger partial charge < -0.3 is 15.5 Å². The number of pyridine rings is 1. The van der Waals surface area contributed by atoms with Crippen molar-refractivity contribution in [3.8, 4) is 0 Å². The van der Waals surface area contributed by atoms with Gasteiger partial charge in [-0.05, 0) is 46.3 Å². The van der Waals surface area contributed by atoms with Gasteiger partial charge in [0.25, 0.3) is 0 Å². The summed E-state index contributed by atoms with van der Waals surface area (Å²) in [6.45, 7) is 6.64. The Bertz CT molecular complexity index is 338. The van der Waals surface area contributed by atoms with Crippen LogP contribution in [0, 0.1) is 0 Å². The molecule has 0 aromatic carbocycles. The van der Waals surface area contributed by atoms with Crippen LogP contribution in [0.4, 0.5) is 11.5 Å². The van der Waals surface area contributed by atoms with Crippen LogP contribution in [0.5, 0.6) is 0 Å². The van der Waals surface area contributed by atoms with E-state index >= 15 is 0 Å². The monoisotopic (exact) mass is 250 g/mol. The van der Waals surface area contributed by atoms with Crippen LogP contribution in [0.1, 0.15) is 26.7 Å². The van der Waals surface area contributed by atoms with Crippen molar-refractivity contribution < 1.29 is 0 Å². The molecule has 2 N–H and O–H groups in total. The molecule has 1 heterocycles. The molecule has 0 aliphatic heterocycles. The van der Waals surface area contributed by atoms with Gasteiger partial charge in [0, 0.05) is 37.6 Å². The molecule has 0 saturated carbocycles. The molecule has 1 rings (SSSR count). The number of nitrogens with zero attached hydrogens (tertiary/aromatic N) is 2. The van der Waals surface area contributed by atoms with E-state index in [1.165, 1.54) is 12.8 Å². The van der Waals surface area contributed by atoms with E-state index in [0.29, 0.717) is 6.04 Å². The van der Waals surface area contributed by atoms with Crippen molar-refractivity contribution in [2.45, 2.75) is 32.7 Å². The number of hydrogen-bond acceptors (Lipinski definition) is 4. The summed E-state index contributed by atoms with van der Waals surface area (Å²) >= 11 is 0. The maximum absolute atomic E-state index is 4.19. The fraction of sp³-hybridized carbons (Fsp3) is 0.643. The van der Waals surface area contributed by atoms with Crippen molar-refractivity contribution in [2.75, 3.05) is 37.8 Å². The predicted octanol–water partition coefficient (Wildman–Crippen LogP) is 2.66. The van der Waals surface area contributed by atoms with Crippen LogP contribution in [-0.2, 0) is 0 Å². The molecule has 0 bridgehead atoms. The standard InChI is InChI=1S/C14H26N4/c1-12(2)18(4)10-6-5-8-16-13-7-9-17-14(11-13)15-3/h7,9,11-12H,5-6,8,10H2,1-4H3,(H2,15,16,17). The van der Waals surface area contributed by atoms with Gasteiger partial charge in [0.1, 0.15) is 5.82 Å². The third-order valence-electron chi connectivity index (χ3n) is 3.16. The minimum absolute atomic E-state index is 0.636. The Balaban J connectivity index is 2.17. The smallest absolute Gasteiger partial charge is 0.127 e. The lowest BCUT2D eigenvalue weighted by atomic mass is 10.2. The van der Waals surface area contributed by atoms with Gasteiger partial charge >= 0.3 is 0 Å². The van der Waals surface area contributed by atoms with Gasteiger partial charge in [0.15, 0.2) is 0 Å². The maximum Gasteiger partial charge on any atom is 0.127 e. The molecule has 0 spiro atoms. The van der Waals surface area contributed by atoms with Crippen LogP contribution in [0.3, 0.4) is 0 Å². The Morgan fingerprint density at radius 1 is 1.33 bits per heavy atom. The molecular weight excluding hydrogens is 224 g/mol. The zero-order chi connectivity index (χ0) is 13.4. The molecule has 0 aliphatic carbocycles. The van der Waals surface area contributed by atoms with E-state index in [4.69, 9.17) is 0 Å². The van der Waals surface area contributed by atoms with Crippen LogP contribution in [-0.4, -0.2) is 43.1 Å². The van der Waals surface area contributed by atoms with E-state index in [0.717, 1.165) is 24.6 Å². The Labute approximate surface area is 111 Å². The fourth-order valence-electron chi connectivity index (χ4n) is 1.65. The molecule has 0 fully saturated rings. The minimum atomic E-state index is 0.636. The molecule has 18 heavy (non-hydrogen) atoms. The Morgan fingerprint density at radius 2 is 2.11 bits per heavy atom. The number of rotatable bonds is 8. The molecule has 102 valence electrons. The molecule has 1 aromatic rings. The Kier molecular flexibility index (Phi) is 6.50. The highest BCUT2D eigenvalue weighted by Gasteiger charge is 2.01. The van der Waals surface area contributed by atoms with E-state index in [9.17, 15) is 0 Å². The highest BCUT2D eigenvalue weighted by atomic mass is 15.1. The number of nitrogens with one attached hydrogen (secondary N) is 2. The normalized spacial score (nSPS) is 11.0. The molecule has 0 aliphatic rings. The summed E-state index contributed by atoms with van der Waals surface area (Å²) in [6, 6.07) is 4.66. The van der Waals surface area contributed by atoms with Gasteiger partial charge in [-0.25, -0.2) is 4.98 Å². The fourth-order valence-corrected chi connectivity index (χ4v) is 1.65. The van der Waals surface area contributed by atoms with Gasteiger partial charge in [0.2, 0.25) is 0 Å². The first-order valence-corrected chi connectivity index (χ1v) is 6.71. The average Bonchev–Trinajstić information content (AvgIpc) is 2.38. The molecule has 0 radical (unpaired) electrons. The highest BCUT2D eigenvalue weighted by Crippen LogP contribution is 2.11. The predicted molar refractivity (Wildman–Crippen MR) is 79.3 cm³/mol. The van der Waals surface area contributed by atoms with Crippen molar-refractivity contribution in [3.63, 3.8) is 0 Å². The molecular formula is C14H26N4. The summed E-state index contributed by atoms with van der Waals surface area (Å²) in [5.74, 6) is 0.902. The quantitative estimate of drug-likeness (QED) is 0.696. The van der Waals surface area contributed by atoms with Gasteiger partial charge in [0.05, 0.1) is 0 Å². The van der Waals surface area contributed by atoms with E-state index in [2.05, 4.69) is 41.4 Å². The minimum Gasteiger partial charge on any atom is -0.385 e. The topological polar surface area (TPSA) is 40.2 Å². The summed E-state index contributed by atoms with van der Waals surface area (Å²) in [5.41, 5.74) is 1.13. The lowest BCUT2D eigenvalue weighted by Crippen LogP contribution is -2.27. The lowest BCUT2D eigenvalue weighted by molar-refractivity contribution is 0.269. The molecule has 0 atom stereocenters. The summed E-state index contributed by atoms with van der Waals surface area (Å²) in [7, 11) is 4.06. The zero-order valence-electron chi connectivity index (χ0n) is 12.0. The summed E-state index contributed by atoms with van der Waals surface area (Å²) in [6.07, 6.45) is 4.24. The molecule has 4 heteroatoms. The third-order valence-corrected chi connectivity index (χ3v) is 3.16. The first kappa shape index (κ1) is 14.8. The Hall–Kier alpha value is -1.29. The van der Waals surface area contributed by atoms with E-state index in [-0.39, 0.29) is 0 Å². The van der Waals surface area contributed by atoms with Crippen molar-refractivity contribution in [2.24, 2.45) is 0 Å². The van der Waals surface area contributed by atoms with Gasteiger partial charge in [-0.2, -0.15) is 0 Å². The number of aromatic nitrogens is 1. The first-order chi connectivity index (χ1) is 8.63. The largest absolute Gasteiger partial charge is 0.385 e. The number of hydrogen-bond donors (Lipinski definition) is 2. The van der Waals surface area contributed by atoms with Crippen molar-refractivity contribution in [3.05, 3.63) is 18.3 Å². The molecule has 0 amide bonds. The van der Waals surface area contributed by atoms with E-state index in [1.54, 1.807) is 0 Å². The van der Waals surface area contributed by atoms with Crippen LogP contribution in [0.25, 0.3) is 0 Å². The zero-order valence-corrected chi connectivity index (χ0v) is 12.0. The van der Waals surface area contributed by atoms with E-state index < -0.39 is 0 Å². The average molecular weight is 250 g/mol. The van der Waals surface area contributed by atoms with Gasteiger partial charge in [-0.15, -0.1) is 0 Å². The second-order valence-corrected chi connectivity index (χ2v) is 4.89.